The summed E-state index contributed by atoms with van der Waals surface area (Å²) in [6.45, 7) is 5.43. The lowest BCUT2D eigenvalue weighted by atomic mass is 9.87. The van der Waals surface area contributed by atoms with Gasteiger partial charge in [0.25, 0.3) is 0 Å². The van der Waals surface area contributed by atoms with Crippen LogP contribution < -0.4 is 5.73 Å². The number of carbonyl (C=O) groups is 1. The monoisotopic (exact) mass is 605 g/mol. The van der Waals surface area contributed by atoms with Crippen LogP contribution in [0.1, 0.15) is 65.2 Å². The Labute approximate surface area is 230 Å². The third-order valence-corrected chi connectivity index (χ3v) is 8.16. The first-order chi connectivity index (χ1) is 16.9. The molecule has 0 saturated heterocycles. The molecule has 0 aliphatic rings. The van der Waals surface area contributed by atoms with E-state index >= 15 is 0 Å². The maximum Gasteiger partial charge on any atom is 0.417 e. The molecular weight excluding hydrogens is 583 g/mol. The van der Waals surface area contributed by atoms with Gasteiger partial charge < -0.3 is 5.73 Å². The van der Waals surface area contributed by atoms with Crippen molar-refractivity contribution in [2.45, 2.75) is 45.0 Å². The number of alkyl halides is 6. The highest BCUT2D eigenvalue weighted by Gasteiger charge is 2.41. The molecule has 2 atom stereocenters. The van der Waals surface area contributed by atoms with Gasteiger partial charge in [0.2, 0.25) is 5.91 Å². The number of carbonyl (C=O) groups excluding carboxylic acids is 1. The van der Waals surface area contributed by atoms with E-state index in [1.165, 1.54) is 24.8 Å². The summed E-state index contributed by atoms with van der Waals surface area (Å²) in [5.41, 5.74) is 2.47. The van der Waals surface area contributed by atoms with E-state index in [2.05, 4.69) is 0 Å². The third kappa shape index (κ3) is 8.22. The first kappa shape index (κ1) is 31.7. The van der Waals surface area contributed by atoms with Gasteiger partial charge in [-0.3, -0.25) is 4.79 Å². The van der Waals surface area contributed by atoms with Crippen LogP contribution in [0.5, 0.6) is 0 Å². The lowest BCUT2D eigenvalue weighted by molar-refractivity contribution is -0.140. The van der Waals surface area contributed by atoms with E-state index in [0.717, 1.165) is 30.4 Å². The highest BCUT2D eigenvalue weighted by molar-refractivity contribution is 7.99. The molecule has 0 aliphatic heterocycles. The first-order valence-electron chi connectivity index (χ1n) is 11.0. The molecule has 0 aromatic heterocycles. The highest BCUT2D eigenvalue weighted by atomic mass is 35.5. The quantitative estimate of drug-likeness (QED) is 0.228. The fraction of sp³-hybridized carbons (Fsp3) is 0.400. The zero-order valence-electron chi connectivity index (χ0n) is 19.9. The molecule has 2 rings (SSSR count). The summed E-state index contributed by atoms with van der Waals surface area (Å²) >= 11 is 19.1. The molecule has 0 heterocycles. The number of hydrogen-bond acceptors (Lipinski definition) is 2. The Hall–Kier alpha value is -1.55. The standard InChI is InChI=1S/C25H24Cl3F6NOS/c1-12(2)10-37-11-13(3)20-14(4-6-16(23(35)36)21(20)25(32,33)34)5-7-17(24(29,30)31)15-8-18(26)22(28)19(27)9-15/h4-9,12-13,17H,10-11H2,1-3H3,(H2,35,36)/b7-5+/t13-,17?/m0/s1. The molecule has 1 unspecified atom stereocenters. The van der Waals surface area contributed by atoms with E-state index in [1.807, 2.05) is 13.8 Å². The fourth-order valence-corrected chi connectivity index (χ4v) is 5.49. The van der Waals surface area contributed by atoms with Crippen molar-refractivity contribution in [1.82, 2.24) is 0 Å². The van der Waals surface area contributed by atoms with E-state index in [0.29, 0.717) is 5.75 Å². The second kappa shape index (κ2) is 12.5. The molecule has 2 N–H and O–H groups in total. The molecule has 0 aliphatic carbocycles. The van der Waals surface area contributed by atoms with Crippen molar-refractivity contribution in [3.63, 3.8) is 0 Å². The molecule has 0 fully saturated rings. The molecule has 0 spiro atoms. The van der Waals surface area contributed by atoms with Crippen molar-refractivity contribution in [3.05, 3.63) is 73.2 Å². The number of rotatable bonds is 9. The molecule has 1 amide bonds. The minimum atomic E-state index is -4.97. The number of halogens is 9. The Morgan fingerprint density at radius 2 is 1.57 bits per heavy atom. The predicted molar refractivity (Wildman–Crippen MR) is 140 cm³/mol. The maximum absolute atomic E-state index is 14.2. The molecule has 204 valence electrons. The van der Waals surface area contributed by atoms with Crippen LogP contribution in [-0.2, 0) is 6.18 Å². The Balaban J connectivity index is 2.71. The molecule has 0 radical (unpaired) electrons. The second-order valence-electron chi connectivity index (χ2n) is 8.86. The molecule has 0 bridgehead atoms. The molecular formula is C25H24Cl3F6NOS. The summed E-state index contributed by atoms with van der Waals surface area (Å²) < 4.78 is 84.5. The number of benzene rings is 2. The Morgan fingerprint density at radius 1 is 1.00 bits per heavy atom. The second-order valence-corrected chi connectivity index (χ2v) is 11.1. The van der Waals surface area contributed by atoms with Crippen LogP contribution in [0.3, 0.4) is 0 Å². The first-order valence-corrected chi connectivity index (χ1v) is 13.2. The summed E-state index contributed by atoms with van der Waals surface area (Å²) in [7, 11) is 0. The Bertz CT molecular complexity index is 1140. The Kier molecular flexibility index (Phi) is 10.7. The number of primary amides is 1. The lowest BCUT2D eigenvalue weighted by Gasteiger charge is -2.24. The summed E-state index contributed by atoms with van der Waals surface area (Å²) in [5, 5.41) is -0.522. The maximum atomic E-state index is 14.2. The molecule has 0 saturated carbocycles. The van der Waals surface area contributed by atoms with Crippen LogP contribution in [0.25, 0.3) is 6.08 Å². The SMILES string of the molecule is CC(C)CSC[C@H](C)c1c(/C=C/C(c2cc(Cl)c(Cl)c(Cl)c2)C(F)(F)F)ccc(C(N)=O)c1C(F)(F)F. The number of thioether (sulfide) groups is 1. The van der Waals surface area contributed by atoms with E-state index in [9.17, 15) is 31.1 Å². The largest absolute Gasteiger partial charge is 0.417 e. The van der Waals surface area contributed by atoms with Gasteiger partial charge in [0.1, 0.15) is 0 Å². The van der Waals surface area contributed by atoms with Crippen molar-refractivity contribution < 1.29 is 31.1 Å². The van der Waals surface area contributed by atoms with Gasteiger partial charge in [-0.25, -0.2) is 0 Å². The minimum absolute atomic E-state index is 0.115. The van der Waals surface area contributed by atoms with Crippen molar-refractivity contribution in [1.29, 1.82) is 0 Å². The van der Waals surface area contributed by atoms with Crippen molar-refractivity contribution >= 4 is 58.5 Å². The molecule has 2 aromatic rings. The van der Waals surface area contributed by atoms with Gasteiger partial charge >= 0.3 is 12.4 Å². The van der Waals surface area contributed by atoms with Crippen molar-refractivity contribution in [2.24, 2.45) is 11.7 Å². The fourth-order valence-electron chi connectivity index (χ4n) is 3.75. The van der Waals surface area contributed by atoms with E-state index < -0.39 is 41.2 Å². The van der Waals surface area contributed by atoms with Crippen LogP contribution in [0.2, 0.25) is 15.1 Å². The molecule has 37 heavy (non-hydrogen) atoms. The van der Waals surface area contributed by atoms with Crippen LogP contribution in [0.15, 0.2) is 30.3 Å². The van der Waals surface area contributed by atoms with Gasteiger partial charge in [-0.15, -0.1) is 0 Å². The lowest BCUT2D eigenvalue weighted by Crippen LogP contribution is -2.23. The average Bonchev–Trinajstić information content (AvgIpc) is 2.74. The molecule has 12 heteroatoms. The zero-order chi connectivity index (χ0) is 28.3. The number of hydrogen-bond donors (Lipinski definition) is 1. The topological polar surface area (TPSA) is 43.1 Å². The van der Waals surface area contributed by atoms with Gasteiger partial charge in [-0.2, -0.15) is 38.1 Å². The van der Waals surface area contributed by atoms with Gasteiger partial charge in [0.05, 0.1) is 32.1 Å². The number of allylic oxidation sites excluding steroid dienone is 1. The molecule has 2 aromatic carbocycles. The minimum Gasteiger partial charge on any atom is -0.366 e. The average molecular weight is 607 g/mol. The summed E-state index contributed by atoms with van der Waals surface area (Å²) in [5.74, 6) is -3.10. The Morgan fingerprint density at radius 3 is 2.03 bits per heavy atom. The van der Waals surface area contributed by atoms with Gasteiger partial charge in [-0.05, 0) is 58.2 Å². The highest BCUT2D eigenvalue weighted by Crippen LogP contribution is 2.43. The van der Waals surface area contributed by atoms with Crippen LogP contribution in [0.4, 0.5) is 26.3 Å². The van der Waals surface area contributed by atoms with E-state index in [-0.39, 0.29) is 43.4 Å². The van der Waals surface area contributed by atoms with E-state index in [4.69, 9.17) is 40.5 Å². The smallest absolute Gasteiger partial charge is 0.366 e. The normalized spacial score (nSPS) is 14.4. The van der Waals surface area contributed by atoms with Crippen molar-refractivity contribution in [2.75, 3.05) is 11.5 Å². The summed E-state index contributed by atoms with van der Waals surface area (Å²) in [6.07, 6.45) is -8.10. The van der Waals surface area contributed by atoms with Crippen LogP contribution >= 0.6 is 46.6 Å². The molecule has 2 nitrogen and oxygen atoms in total. The summed E-state index contributed by atoms with van der Waals surface area (Å²) in [6, 6.07) is 4.05. The predicted octanol–water partition coefficient (Wildman–Crippen LogP) is 9.62. The third-order valence-electron chi connectivity index (χ3n) is 5.33. The zero-order valence-corrected chi connectivity index (χ0v) is 23.0. The van der Waals surface area contributed by atoms with Crippen molar-refractivity contribution in [3.8, 4) is 0 Å². The summed E-state index contributed by atoms with van der Waals surface area (Å²) in [4.78, 5) is 11.8. The van der Waals surface area contributed by atoms with E-state index in [1.54, 1.807) is 0 Å². The van der Waals surface area contributed by atoms with Gasteiger partial charge in [0.15, 0.2) is 0 Å². The van der Waals surface area contributed by atoms with Crippen LogP contribution in [0, 0.1) is 5.92 Å². The number of nitrogens with two attached hydrogens (primary N) is 1. The van der Waals surface area contributed by atoms with Gasteiger partial charge in [-0.1, -0.05) is 73.8 Å². The van der Waals surface area contributed by atoms with Gasteiger partial charge in [0, 0.05) is 0 Å². The number of amides is 1. The van der Waals surface area contributed by atoms with Crippen LogP contribution in [-0.4, -0.2) is 23.6 Å².